The van der Waals surface area contributed by atoms with Crippen LogP contribution in [0.1, 0.15) is 155 Å². The summed E-state index contributed by atoms with van der Waals surface area (Å²) in [5.41, 5.74) is 5.44. The highest BCUT2D eigenvalue weighted by Crippen LogP contribution is 2.15. The van der Waals surface area contributed by atoms with E-state index in [4.69, 9.17) is 5.73 Å². The molecule has 0 saturated carbocycles. The third-order valence-corrected chi connectivity index (χ3v) is 6.17. The Morgan fingerprint density at radius 3 is 1.03 bits per heavy atom. The van der Waals surface area contributed by atoms with E-state index >= 15 is 0 Å². The van der Waals surface area contributed by atoms with Crippen molar-refractivity contribution in [2.45, 2.75) is 161 Å². The zero-order valence-electron chi connectivity index (χ0n) is 19.7. The van der Waals surface area contributed by atoms with Gasteiger partial charge in [-0.25, -0.2) is 0 Å². The van der Waals surface area contributed by atoms with Gasteiger partial charge in [0.15, 0.2) is 0 Å². The molecule has 0 amide bonds. The van der Waals surface area contributed by atoms with Crippen LogP contribution in [0, 0.1) is 0 Å². The van der Waals surface area contributed by atoms with Crippen LogP contribution in [-0.4, -0.2) is 12.0 Å². The summed E-state index contributed by atoms with van der Waals surface area (Å²) in [6.45, 7) is 2.29. The molecule has 3 nitrogen and oxygen atoms in total. The molecule has 0 fully saturated rings. The SMILES string of the molecule is CCCCCCCCCCCCCCCCCCCCCCCCC(N)C(=O)[O-]. The Kier molecular flexibility index (Phi) is 23.2. The van der Waals surface area contributed by atoms with Crippen molar-refractivity contribution < 1.29 is 9.90 Å². The summed E-state index contributed by atoms with van der Waals surface area (Å²) in [5.74, 6) is -1.12. The van der Waals surface area contributed by atoms with Gasteiger partial charge in [-0.15, -0.1) is 0 Å². The van der Waals surface area contributed by atoms with Gasteiger partial charge in [0.25, 0.3) is 0 Å². The maximum absolute atomic E-state index is 10.5. The minimum absolute atomic E-state index is 0.557. The summed E-state index contributed by atoms with van der Waals surface area (Å²) < 4.78 is 0. The predicted molar refractivity (Wildman–Crippen MR) is 125 cm³/mol. The first-order chi connectivity index (χ1) is 14.2. The number of carboxylic acid groups (broad SMARTS) is 1. The molecule has 0 aliphatic rings. The van der Waals surface area contributed by atoms with Crippen molar-refractivity contribution in [2.75, 3.05) is 0 Å². The molecule has 174 valence electrons. The Labute approximate surface area is 182 Å². The van der Waals surface area contributed by atoms with E-state index in [0.29, 0.717) is 6.42 Å². The second kappa shape index (κ2) is 23.7. The second-order valence-electron chi connectivity index (χ2n) is 9.14. The van der Waals surface area contributed by atoms with Gasteiger partial charge in [-0.05, 0) is 6.42 Å². The molecule has 3 heteroatoms. The lowest BCUT2D eigenvalue weighted by atomic mass is 10.0. The molecular formula is C26H52NO2-. The monoisotopic (exact) mass is 410 g/mol. The van der Waals surface area contributed by atoms with Crippen LogP contribution in [0.3, 0.4) is 0 Å². The van der Waals surface area contributed by atoms with Gasteiger partial charge in [0.1, 0.15) is 0 Å². The van der Waals surface area contributed by atoms with Crippen molar-refractivity contribution >= 4 is 5.97 Å². The maximum Gasteiger partial charge on any atom is 0.0582 e. The molecule has 2 N–H and O–H groups in total. The summed E-state index contributed by atoms with van der Waals surface area (Å²) in [6, 6.07) is -0.778. The number of carbonyl (C=O) groups excluding carboxylic acids is 1. The van der Waals surface area contributed by atoms with E-state index in [1.807, 2.05) is 0 Å². The number of rotatable bonds is 24. The largest absolute Gasteiger partial charge is 0.548 e. The van der Waals surface area contributed by atoms with Crippen LogP contribution < -0.4 is 10.8 Å². The predicted octanol–water partition coefficient (Wildman–Crippen LogP) is 7.06. The van der Waals surface area contributed by atoms with Gasteiger partial charge in [0.05, 0.1) is 5.97 Å². The molecule has 0 aliphatic heterocycles. The van der Waals surface area contributed by atoms with Gasteiger partial charge < -0.3 is 15.6 Å². The molecule has 0 heterocycles. The van der Waals surface area contributed by atoms with Crippen LogP contribution in [0.2, 0.25) is 0 Å². The molecule has 0 radical (unpaired) electrons. The van der Waals surface area contributed by atoms with Crippen molar-refractivity contribution in [3.8, 4) is 0 Å². The first-order valence-electron chi connectivity index (χ1n) is 13.1. The zero-order chi connectivity index (χ0) is 21.4. The molecule has 0 aromatic carbocycles. The highest BCUT2D eigenvalue weighted by molar-refractivity contribution is 5.70. The van der Waals surface area contributed by atoms with E-state index in [9.17, 15) is 9.90 Å². The summed E-state index contributed by atoms with van der Waals surface area (Å²) in [7, 11) is 0. The van der Waals surface area contributed by atoms with Crippen molar-refractivity contribution in [1.82, 2.24) is 0 Å². The topological polar surface area (TPSA) is 66.2 Å². The van der Waals surface area contributed by atoms with Crippen LogP contribution in [0.4, 0.5) is 0 Å². The third kappa shape index (κ3) is 23.6. The van der Waals surface area contributed by atoms with Crippen LogP contribution in [0.25, 0.3) is 0 Å². The van der Waals surface area contributed by atoms with E-state index in [-0.39, 0.29) is 0 Å². The minimum Gasteiger partial charge on any atom is -0.548 e. The van der Waals surface area contributed by atoms with Crippen LogP contribution in [0.5, 0.6) is 0 Å². The zero-order valence-corrected chi connectivity index (χ0v) is 19.7. The number of hydrogen-bond acceptors (Lipinski definition) is 3. The van der Waals surface area contributed by atoms with Crippen LogP contribution >= 0.6 is 0 Å². The van der Waals surface area contributed by atoms with E-state index in [2.05, 4.69) is 6.92 Å². The fourth-order valence-corrected chi connectivity index (χ4v) is 4.09. The molecule has 0 spiro atoms. The Morgan fingerprint density at radius 2 is 0.793 bits per heavy atom. The number of carboxylic acids is 1. The normalized spacial score (nSPS) is 12.3. The minimum atomic E-state index is -1.12. The maximum atomic E-state index is 10.5. The molecule has 0 bridgehead atoms. The van der Waals surface area contributed by atoms with Crippen LogP contribution in [0.15, 0.2) is 0 Å². The summed E-state index contributed by atoms with van der Waals surface area (Å²) in [4.78, 5) is 10.5. The third-order valence-electron chi connectivity index (χ3n) is 6.17. The molecule has 0 aliphatic carbocycles. The summed E-state index contributed by atoms with van der Waals surface area (Å²) >= 11 is 0. The summed E-state index contributed by atoms with van der Waals surface area (Å²) in [6.07, 6.45) is 30.6. The Bertz CT molecular complexity index is 333. The molecule has 0 saturated heterocycles. The number of unbranched alkanes of at least 4 members (excludes halogenated alkanes) is 21. The second-order valence-corrected chi connectivity index (χ2v) is 9.14. The Hall–Kier alpha value is -0.570. The van der Waals surface area contributed by atoms with Crippen molar-refractivity contribution in [1.29, 1.82) is 0 Å². The van der Waals surface area contributed by atoms with Gasteiger partial charge in [-0.1, -0.05) is 148 Å². The molecule has 1 atom stereocenters. The molecule has 0 aromatic heterocycles. The Morgan fingerprint density at radius 1 is 0.552 bits per heavy atom. The highest BCUT2D eigenvalue weighted by Gasteiger charge is 2.02. The fourth-order valence-electron chi connectivity index (χ4n) is 4.09. The first-order valence-corrected chi connectivity index (χ1v) is 13.1. The van der Waals surface area contributed by atoms with E-state index in [0.717, 1.165) is 12.8 Å². The van der Waals surface area contributed by atoms with Crippen molar-refractivity contribution in [3.63, 3.8) is 0 Å². The molecule has 29 heavy (non-hydrogen) atoms. The summed E-state index contributed by atoms with van der Waals surface area (Å²) in [5, 5.41) is 10.5. The van der Waals surface area contributed by atoms with Gasteiger partial charge in [0.2, 0.25) is 0 Å². The number of carbonyl (C=O) groups is 1. The number of hydrogen-bond donors (Lipinski definition) is 1. The van der Waals surface area contributed by atoms with Gasteiger partial charge in [-0.3, -0.25) is 0 Å². The first kappa shape index (κ1) is 28.4. The van der Waals surface area contributed by atoms with E-state index in [1.54, 1.807) is 0 Å². The van der Waals surface area contributed by atoms with Gasteiger partial charge in [0, 0.05) is 6.04 Å². The fraction of sp³-hybridized carbons (Fsp3) is 0.962. The lowest BCUT2D eigenvalue weighted by Crippen LogP contribution is -2.41. The number of aliphatic carboxylic acids is 1. The quantitative estimate of drug-likeness (QED) is 0.173. The van der Waals surface area contributed by atoms with Crippen molar-refractivity contribution in [3.05, 3.63) is 0 Å². The smallest absolute Gasteiger partial charge is 0.0582 e. The van der Waals surface area contributed by atoms with Gasteiger partial charge >= 0.3 is 0 Å². The standard InChI is InChI=1S/C26H53NO2/c1-2-3-4-5-6-7-8-9-10-11-12-13-14-15-16-17-18-19-20-21-22-23-24-25(27)26(28)29/h25H,2-24,27H2,1H3,(H,28,29)/p-1. The van der Waals surface area contributed by atoms with E-state index < -0.39 is 12.0 Å². The highest BCUT2D eigenvalue weighted by atomic mass is 16.4. The van der Waals surface area contributed by atoms with E-state index in [1.165, 1.54) is 128 Å². The van der Waals surface area contributed by atoms with Crippen molar-refractivity contribution in [2.24, 2.45) is 5.73 Å². The average molecular weight is 411 g/mol. The van der Waals surface area contributed by atoms with Crippen LogP contribution in [-0.2, 0) is 4.79 Å². The molecular weight excluding hydrogens is 358 g/mol. The lowest BCUT2D eigenvalue weighted by Gasteiger charge is -2.11. The number of nitrogens with two attached hydrogens (primary N) is 1. The van der Waals surface area contributed by atoms with Gasteiger partial charge in [-0.2, -0.15) is 0 Å². The lowest BCUT2D eigenvalue weighted by molar-refractivity contribution is -0.307. The molecule has 0 aromatic rings. The molecule has 1 unspecified atom stereocenters. The molecule has 0 rings (SSSR count). The Balaban J connectivity index is 3.04. The average Bonchev–Trinajstić information content (AvgIpc) is 2.71.